The van der Waals surface area contributed by atoms with E-state index in [9.17, 15) is 10.2 Å². The molecule has 2 aromatic carbocycles. The summed E-state index contributed by atoms with van der Waals surface area (Å²) >= 11 is 0. The van der Waals surface area contributed by atoms with Crippen LogP contribution in [0.5, 0.6) is 11.5 Å². The molecule has 0 aliphatic heterocycles. The number of phenolic OH excluding ortho intramolecular Hbond substituents is 2. The number of hydrogen-bond acceptors (Lipinski definition) is 4. The summed E-state index contributed by atoms with van der Waals surface area (Å²) in [5.41, 5.74) is 14.4. The van der Waals surface area contributed by atoms with Crippen LogP contribution < -0.4 is 11.5 Å². The fourth-order valence-corrected chi connectivity index (χ4v) is 2.24. The van der Waals surface area contributed by atoms with Crippen LogP contribution in [0.2, 0.25) is 0 Å². The van der Waals surface area contributed by atoms with Crippen LogP contribution in [0, 0.1) is 0 Å². The average Bonchev–Trinajstić information content (AvgIpc) is 2.44. The van der Waals surface area contributed by atoms with E-state index in [0.29, 0.717) is 24.2 Å². The minimum atomic E-state index is 0.144. The maximum atomic E-state index is 10.0. The first-order valence-electron chi connectivity index (χ1n) is 6.70. The van der Waals surface area contributed by atoms with E-state index in [1.807, 2.05) is 24.3 Å². The van der Waals surface area contributed by atoms with Gasteiger partial charge in [-0.2, -0.15) is 0 Å². The molecule has 0 saturated carbocycles. The first kappa shape index (κ1) is 14.4. The number of nitrogens with two attached hydrogens (primary N) is 2. The van der Waals surface area contributed by atoms with Crippen molar-refractivity contribution in [1.29, 1.82) is 0 Å². The molecule has 0 fully saturated rings. The third kappa shape index (κ3) is 3.10. The second kappa shape index (κ2) is 6.41. The zero-order chi connectivity index (χ0) is 14.5. The van der Waals surface area contributed by atoms with Crippen LogP contribution in [0.1, 0.15) is 11.1 Å². The summed E-state index contributed by atoms with van der Waals surface area (Å²) in [5.74, 6) is 0.289. The summed E-state index contributed by atoms with van der Waals surface area (Å²) in [4.78, 5) is 0. The predicted molar refractivity (Wildman–Crippen MR) is 80.7 cm³/mol. The van der Waals surface area contributed by atoms with Gasteiger partial charge >= 0.3 is 0 Å². The van der Waals surface area contributed by atoms with Crippen molar-refractivity contribution < 1.29 is 10.2 Å². The maximum absolute atomic E-state index is 10.0. The summed E-state index contributed by atoms with van der Waals surface area (Å²) < 4.78 is 0. The second-order valence-corrected chi connectivity index (χ2v) is 4.78. The normalized spacial score (nSPS) is 10.7. The first-order valence-corrected chi connectivity index (χ1v) is 6.70. The molecule has 4 nitrogen and oxygen atoms in total. The van der Waals surface area contributed by atoms with Gasteiger partial charge in [-0.1, -0.05) is 12.1 Å². The Morgan fingerprint density at radius 3 is 1.45 bits per heavy atom. The van der Waals surface area contributed by atoms with E-state index in [1.165, 1.54) is 0 Å². The number of hydrogen-bond donors (Lipinski definition) is 4. The number of phenols is 2. The van der Waals surface area contributed by atoms with Crippen LogP contribution in [-0.2, 0) is 12.8 Å². The molecule has 0 atom stereocenters. The van der Waals surface area contributed by atoms with Crippen LogP contribution in [0.15, 0.2) is 36.4 Å². The highest BCUT2D eigenvalue weighted by molar-refractivity contribution is 5.76. The summed E-state index contributed by atoms with van der Waals surface area (Å²) in [5, 5.41) is 20.1. The molecule has 0 heterocycles. The van der Waals surface area contributed by atoms with E-state index in [4.69, 9.17) is 11.5 Å². The second-order valence-electron chi connectivity index (χ2n) is 4.78. The maximum Gasteiger partial charge on any atom is 0.123 e. The van der Waals surface area contributed by atoms with Gasteiger partial charge < -0.3 is 21.7 Å². The first-order chi connectivity index (χ1) is 9.65. The van der Waals surface area contributed by atoms with Gasteiger partial charge in [-0.05, 0) is 61.3 Å². The zero-order valence-electron chi connectivity index (χ0n) is 11.3. The standard InChI is InChI=1S/C16H20N2O2/c17-7-5-11-1-3-15(19)13(9-11)14-10-12(6-8-18)2-4-16(14)20/h1-4,9-10,19-20H,5-8,17-18H2. The fourth-order valence-electron chi connectivity index (χ4n) is 2.24. The Kier molecular flexibility index (Phi) is 4.61. The smallest absolute Gasteiger partial charge is 0.123 e. The van der Waals surface area contributed by atoms with E-state index >= 15 is 0 Å². The van der Waals surface area contributed by atoms with Gasteiger partial charge in [0, 0.05) is 11.1 Å². The van der Waals surface area contributed by atoms with Crippen molar-refractivity contribution in [2.75, 3.05) is 13.1 Å². The minimum Gasteiger partial charge on any atom is -0.507 e. The lowest BCUT2D eigenvalue weighted by atomic mass is 9.97. The third-order valence-electron chi connectivity index (χ3n) is 3.28. The molecule has 0 aromatic heterocycles. The molecule has 0 amide bonds. The Balaban J connectivity index is 2.49. The summed E-state index contributed by atoms with van der Waals surface area (Å²) in [6, 6.07) is 10.7. The molecule has 2 rings (SSSR count). The lowest BCUT2D eigenvalue weighted by Crippen LogP contribution is -2.03. The summed E-state index contributed by atoms with van der Waals surface area (Å²) in [7, 11) is 0. The zero-order valence-corrected chi connectivity index (χ0v) is 11.3. The SMILES string of the molecule is NCCc1ccc(O)c(-c2cc(CCN)ccc2O)c1. The van der Waals surface area contributed by atoms with E-state index in [0.717, 1.165) is 24.0 Å². The Morgan fingerprint density at radius 1 is 0.700 bits per heavy atom. The highest BCUT2D eigenvalue weighted by Crippen LogP contribution is 2.36. The van der Waals surface area contributed by atoms with Crippen molar-refractivity contribution in [2.24, 2.45) is 11.5 Å². The fraction of sp³-hybridized carbons (Fsp3) is 0.250. The Labute approximate surface area is 118 Å². The number of benzene rings is 2. The van der Waals surface area contributed by atoms with Gasteiger partial charge in [-0.3, -0.25) is 0 Å². The molecule has 0 bridgehead atoms. The van der Waals surface area contributed by atoms with Crippen LogP contribution in [0.3, 0.4) is 0 Å². The quantitative estimate of drug-likeness (QED) is 0.667. The molecule has 106 valence electrons. The Hall–Kier alpha value is -2.04. The van der Waals surface area contributed by atoms with E-state index in [2.05, 4.69) is 0 Å². The Bertz CT molecular complexity index is 544. The topological polar surface area (TPSA) is 92.5 Å². The number of rotatable bonds is 5. The molecule has 0 spiro atoms. The van der Waals surface area contributed by atoms with Crippen molar-refractivity contribution in [2.45, 2.75) is 12.8 Å². The van der Waals surface area contributed by atoms with Crippen molar-refractivity contribution in [3.05, 3.63) is 47.5 Å². The molecule has 0 radical (unpaired) electrons. The van der Waals surface area contributed by atoms with E-state index in [-0.39, 0.29) is 11.5 Å². The van der Waals surface area contributed by atoms with Gasteiger partial charge in [-0.25, -0.2) is 0 Å². The van der Waals surface area contributed by atoms with Gasteiger partial charge in [0.25, 0.3) is 0 Å². The number of aromatic hydroxyl groups is 2. The lowest BCUT2D eigenvalue weighted by molar-refractivity contribution is 0.469. The molecule has 0 unspecified atom stereocenters. The Morgan fingerprint density at radius 2 is 1.10 bits per heavy atom. The van der Waals surface area contributed by atoms with Crippen LogP contribution in [0.4, 0.5) is 0 Å². The van der Waals surface area contributed by atoms with Crippen LogP contribution in [-0.4, -0.2) is 23.3 Å². The van der Waals surface area contributed by atoms with Gasteiger partial charge in [-0.15, -0.1) is 0 Å². The third-order valence-corrected chi connectivity index (χ3v) is 3.28. The van der Waals surface area contributed by atoms with Crippen molar-refractivity contribution in [1.82, 2.24) is 0 Å². The highest BCUT2D eigenvalue weighted by Gasteiger charge is 2.11. The summed E-state index contributed by atoms with van der Waals surface area (Å²) in [6.45, 7) is 1.09. The minimum absolute atomic E-state index is 0.144. The molecular formula is C16H20N2O2. The average molecular weight is 272 g/mol. The highest BCUT2D eigenvalue weighted by atomic mass is 16.3. The van der Waals surface area contributed by atoms with Crippen LogP contribution in [0.25, 0.3) is 11.1 Å². The van der Waals surface area contributed by atoms with Gasteiger partial charge in [0.1, 0.15) is 11.5 Å². The monoisotopic (exact) mass is 272 g/mol. The van der Waals surface area contributed by atoms with E-state index < -0.39 is 0 Å². The van der Waals surface area contributed by atoms with Crippen molar-refractivity contribution in [3.8, 4) is 22.6 Å². The lowest BCUT2D eigenvalue weighted by Gasteiger charge is -2.11. The molecule has 20 heavy (non-hydrogen) atoms. The van der Waals surface area contributed by atoms with Crippen molar-refractivity contribution >= 4 is 0 Å². The largest absolute Gasteiger partial charge is 0.507 e. The van der Waals surface area contributed by atoms with Gasteiger partial charge in [0.2, 0.25) is 0 Å². The molecule has 6 N–H and O–H groups in total. The molecule has 0 aliphatic rings. The predicted octanol–water partition coefficient (Wildman–Crippen LogP) is 1.77. The van der Waals surface area contributed by atoms with Gasteiger partial charge in [0.15, 0.2) is 0 Å². The molecular weight excluding hydrogens is 252 g/mol. The summed E-state index contributed by atoms with van der Waals surface area (Å²) in [6.07, 6.45) is 1.47. The van der Waals surface area contributed by atoms with E-state index in [1.54, 1.807) is 12.1 Å². The van der Waals surface area contributed by atoms with Crippen molar-refractivity contribution in [3.63, 3.8) is 0 Å². The van der Waals surface area contributed by atoms with Gasteiger partial charge in [0.05, 0.1) is 0 Å². The molecule has 0 saturated heterocycles. The molecule has 0 aliphatic carbocycles. The molecule has 2 aromatic rings. The molecule has 4 heteroatoms. The van der Waals surface area contributed by atoms with Crippen LogP contribution >= 0.6 is 0 Å².